The summed E-state index contributed by atoms with van der Waals surface area (Å²) in [5.41, 5.74) is 0. The summed E-state index contributed by atoms with van der Waals surface area (Å²) >= 11 is 0. The van der Waals surface area contributed by atoms with E-state index in [1.54, 1.807) is 4.90 Å². The van der Waals surface area contributed by atoms with E-state index in [2.05, 4.69) is 12.2 Å². The second-order valence-corrected chi connectivity index (χ2v) is 5.22. The van der Waals surface area contributed by atoms with Crippen molar-refractivity contribution in [3.05, 3.63) is 0 Å². The third-order valence-corrected chi connectivity index (χ3v) is 3.84. The Kier molecular flexibility index (Phi) is 3.17. The van der Waals surface area contributed by atoms with Gasteiger partial charge in [-0.3, -0.25) is 9.59 Å². The van der Waals surface area contributed by atoms with E-state index < -0.39 is 0 Å². The van der Waals surface area contributed by atoms with Crippen molar-refractivity contribution in [1.29, 1.82) is 0 Å². The van der Waals surface area contributed by atoms with E-state index in [9.17, 15) is 9.59 Å². The van der Waals surface area contributed by atoms with E-state index in [1.807, 2.05) is 6.92 Å². The maximum absolute atomic E-state index is 11.7. The van der Waals surface area contributed by atoms with Crippen LogP contribution in [0.5, 0.6) is 0 Å². The van der Waals surface area contributed by atoms with Crippen molar-refractivity contribution in [3.8, 4) is 0 Å². The Labute approximate surface area is 96.4 Å². The number of amides is 2. The second kappa shape index (κ2) is 4.44. The lowest BCUT2D eigenvalue weighted by Crippen LogP contribution is -2.58. The highest BCUT2D eigenvalue weighted by atomic mass is 16.2. The lowest BCUT2D eigenvalue weighted by molar-refractivity contribution is -0.145. The van der Waals surface area contributed by atoms with Crippen molar-refractivity contribution in [3.63, 3.8) is 0 Å². The molecule has 2 fully saturated rings. The quantitative estimate of drug-likeness (QED) is 0.753. The number of rotatable bonds is 2. The molecule has 0 aromatic heterocycles. The van der Waals surface area contributed by atoms with Crippen LogP contribution >= 0.6 is 0 Å². The first-order valence-corrected chi connectivity index (χ1v) is 6.15. The Morgan fingerprint density at radius 3 is 2.69 bits per heavy atom. The van der Waals surface area contributed by atoms with Crippen LogP contribution in [0.25, 0.3) is 0 Å². The summed E-state index contributed by atoms with van der Waals surface area (Å²) in [6, 6.07) is -0.294. The van der Waals surface area contributed by atoms with Gasteiger partial charge < -0.3 is 10.2 Å². The summed E-state index contributed by atoms with van der Waals surface area (Å²) < 4.78 is 0. The van der Waals surface area contributed by atoms with Crippen LogP contribution in [0, 0.1) is 11.8 Å². The highest BCUT2D eigenvalue weighted by Gasteiger charge is 2.33. The maximum atomic E-state index is 11.7. The zero-order valence-electron chi connectivity index (χ0n) is 10.0. The molecule has 90 valence electrons. The van der Waals surface area contributed by atoms with Gasteiger partial charge in [-0.25, -0.2) is 0 Å². The largest absolute Gasteiger partial charge is 0.345 e. The SMILES string of the molecule is CC1CCC(CN2C(=O)CNC(=O)C2C)C1. The fourth-order valence-corrected chi connectivity index (χ4v) is 2.80. The first-order valence-electron chi connectivity index (χ1n) is 6.15. The van der Waals surface area contributed by atoms with E-state index in [4.69, 9.17) is 0 Å². The van der Waals surface area contributed by atoms with Crippen LogP contribution in [0.2, 0.25) is 0 Å². The Balaban J connectivity index is 1.96. The highest BCUT2D eigenvalue weighted by Crippen LogP contribution is 2.31. The summed E-state index contributed by atoms with van der Waals surface area (Å²) in [7, 11) is 0. The summed E-state index contributed by atoms with van der Waals surface area (Å²) in [6.07, 6.45) is 3.64. The van der Waals surface area contributed by atoms with Crippen LogP contribution in [-0.4, -0.2) is 35.8 Å². The average molecular weight is 224 g/mol. The van der Waals surface area contributed by atoms with Crippen LogP contribution in [0.1, 0.15) is 33.1 Å². The topological polar surface area (TPSA) is 49.4 Å². The Morgan fingerprint density at radius 2 is 2.06 bits per heavy atom. The maximum Gasteiger partial charge on any atom is 0.242 e. The van der Waals surface area contributed by atoms with Gasteiger partial charge >= 0.3 is 0 Å². The number of carbonyl (C=O) groups excluding carboxylic acids is 2. The molecular formula is C12H20N2O2. The molecule has 2 rings (SSSR count). The Hall–Kier alpha value is -1.06. The van der Waals surface area contributed by atoms with Crippen molar-refractivity contribution >= 4 is 11.8 Å². The number of nitrogens with zero attached hydrogens (tertiary/aromatic N) is 1. The van der Waals surface area contributed by atoms with Gasteiger partial charge in [0.25, 0.3) is 0 Å². The van der Waals surface area contributed by atoms with E-state index >= 15 is 0 Å². The minimum atomic E-state index is -0.294. The standard InChI is InChI=1S/C12H20N2O2/c1-8-3-4-10(5-8)7-14-9(2)12(16)13-6-11(14)15/h8-10H,3-7H2,1-2H3,(H,13,16). The van der Waals surface area contributed by atoms with Crippen LogP contribution in [0.15, 0.2) is 0 Å². The molecule has 16 heavy (non-hydrogen) atoms. The first kappa shape index (κ1) is 11.4. The Bertz CT molecular complexity index is 303. The number of piperazine rings is 1. The van der Waals surface area contributed by atoms with E-state index in [0.717, 1.165) is 12.5 Å². The van der Waals surface area contributed by atoms with Crippen molar-refractivity contribution < 1.29 is 9.59 Å². The molecule has 1 saturated carbocycles. The molecule has 1 N–H and O–H groups in total. The molecule has 0 aromatic carbocycles. The minimum absolute atomic E-state index is 0.0226. The summed E-state index contributed by atoms with van der Waals surface area (Å²) in [5.74, 6) is 1.40. The Morgan fingerprint density at radius 1 is 1.31 bits per heavy atom. The molecule has 3 unspecified atom stereocenters. The van der Waals surface area contributed by atoms with E-state index in [0.29, 0.717) is 5.92 Å². The zero-order valence-corrected chi connectivity index (χ0v) is 10.0. The first-order chi connectivity index (χ1) is 7.58. The minimum Gasteiger partial charge on any atom is -0.345 e. The van der Waals surface area contributed by atoms with Crippen LogP contribution in [0.4, 0.5) is 0 Å². The summed E-state index contributed by atoms with van der Waals surface area (Å²) in [6.45, 7) is 5.00. The van der Waals surface area contributed by atoms with Crippen LogP contribution in [-0.2, 0) is 9.59 Å². The molecule has 2 amide bonds. The molecule has 0 aromatic rings. The second-order valence-electron chi connectivity index (χ2n) is 5.22. The molecule has 1 heterocycles. The van der Waals surface area contributed by atoms with Gasteiger partial charge in [-0.05, 0) is 31.6 Å². The fourth-order valence-electron chi connectivity index (χ4n) is 2.80. The molecule has 1 aliphatic carbocycles. The van der Waals surface area contributed by atoms with Gasteiger partial charge in [-0.1, -0.05) is 13.3 Å². The van der Waals surface area contributed by atoms with Gasteiger partial charge in [0.15, 0.2) is 0 Å². The summed E-state index contributed by atoms with van der Waals surface area (Å²) in [4.78, 5) is 25.0. The average Bonchev–Trinajstić information content (AvgIpc) is 2.65. The molecular weight excluding hydrogens is 204 g/mol. The van der Waals surface area contributed by atoms with Gasteiger partial charge in [0.05, 0.1) is 6.54 Å². The molecule has 2 aliphatic rings. The predicted molar refractivity (Wildman–Crippen MR) is 60.7 cm³/mol. The normalized spacial score (nSPS) is 35.4. The van der Waals surface area contributed by atoms with Crippen LogP contribution in [0.3, 0.4) is 0 Å². The molecule has 4 heteroatoms. The third-order valence-electron chi connectivity index (χ3n) is 3.84. The molecule has 3 atom stereocenters. The van der Waals surface area contributed by atoms with Gasteiger partial charge in [-0.15, -0.1) is 0 Å². The molecule has 0 spiro atoms. The lowest BCUT2D eigenvalue weighted by atomic mass is 10.0. The van der Waals surface area contributed by atoms with Crippen molar-refractivity contribution in [2.24, 2.45) is 11.8 Å². The number of carbonyl (C=O) groups is 2. The molecule has 1 saturated heterocycles. The smallest absolute Gasteiger partial charge is 0.242 e. The zero-order chi connectivity index (χ0) is 11.7. The van der Waals surface area contributed by atoms with Crippen LogP contribution < -0.4 is 5.32 Å². The summed E-state index contributed by atoms with van der Waals surface area (Å²) in [5, 5.41) is 2.62. The molecule has 4 nitrogen and oxygen atoms in total. The monoisotopic (exact) mass is 224 g/mol. The van der Waals surface area contributed by atoms with Gasteiger partial charge in [0.1, 0.15) is 6.04 Å². The van der Waals surface area contributed by atoms with E-state index in [-0.39, 0.29) is 24.4 Å². The highest BCUT2D eigenvalue weighted by molar-refractivity contribution is 5.94. The predicted octanol–water partition coefficient (Wildman–Crippen LogP) is 0.769. The third kappa shape index (κ3) is 2.20. The number of nitrogens with one attached hydrogen (secondary N) is 1. The fraction of sp³-hybridized carbons (Fsp3) is 0.833. The van der Waals surface area contributed by atoms with Crippen molar-refractivity contribution in [1.82, 2.24) is 10.2 Å². The number of hydrogen-bond acceptors (Lipinski definition) is 2. The molecule has 1 aliphatic heterocycles. The van der Waals surface area contributed by atoms with Crippen molar-refractivity contribution in [2.45, 2.75) is 39.2 Å². The van der Waals surface area contributed by atoms with E-state index in [1.165, 1.54) is 19.3 Å². The van der Waals surface area contributed by atoms with Gasteiger partial charge in [0.2, 0.25) is 11.8 Å². The number of hydrogen-bond donors (Lipinski definition) is 1. The van der Waals surface area contributed by atoms with Crippen molar-refractivity contribution in [2.75, 3.05) is 13.1 Å². The van der Waals surface area contributed by atoms with Gasteiger partial charge in [-0.2, -0.15) is 0 Å². The molecule has 0 radical (unpaired) electrons. The molecule has 0 bridgehead atoms. The lowest BCUT2D eigenvalue weighted by Gasteiger charge is -2.34. The van der Waals surface area contributed by atoms with Gasteiger partial charge in [0, 0.05) is 6.54 Å².